The van der Waals surface area contributed by atoms with E-state index in [4.69, 9.17) is 9.47 Å². The van der Waals surface area contributed by atoms with Crippen molar-refractivity contribution in [2.45, 2.75) is 38.1 Å². The molecule has 0 heterocycles. The predicted molar refractivity (Wildman–Crippen MR) is 142 cm³/mol. The molecule has 0 unspecified atom stereocenters. The van der Waals surface area contributed by atoms with Gasteiger partial charge in [0.25, 0.3) is 5.91 Å². The normalized spacial score (nSPS) is 13.4. The number of hydrogen-bond acceptors (Lipinski definition) is 5. The van der Waals surface area contributed by atoms with Crippen LogP contribution in [0.3, 0.4) is 0 Å². The average molecular weight is 488 g/mol. The molecule has 3 aromatic rings. The molecule has 3 aromatic carbocycles. The van der Waals surface area contributed by atoms with Crippen molar-refractivity contribution in [3.63, 3.8) is 0 Å². The highest BCUT2D eigenvalue weighted by Gasteiger charge is 2.16. The lowest BCUT2D eigenvalue weighted by molar-refractivity contribution is -0.114. The van der Waals surface area contributed by atoms with Crippen LogP contribution in [0.4, 0.5) is 11.4 Å². The Labute approximate surface area is 212 Å². The molecule has 0 spiro atoms. The van der Waals surface area contributed by atoms with E-state index in [1.165, 1.54) is 19.3 Å². The molecule has 1 aliphatic rings. The summed E-state index contributed by atoms with van der Waals surface area (Å²) in [5.41, 5.74) is 1.96. The van der Waals surface area contributed by atoms with E-state index in [1.807, 2.05) is 54.6 Å². The number of rotatable bonds is 11. The summed E-state index contributed by atoms with van der Waals surface area (Å²) in [6, 6.07) is 24.3. The Morgan fingerprint density at radius 2 is 1.47 bits per heavy atom. The summed E-state index contributed by atoms with van der Waals surface area (Å²) in [7, 11) is 0. The van der Waals surface area contributed by atoms with Crippen LogP contribution in [0.1, 0.15) is 42.5 Å². The highest BCUT2D eigenvalue weighted by atomic mass is 16.5. The average Bonchev–Trinajstić information content (AvgIpc) is 2.92. The lowest BCUT2D eigenvalue weighted by Crippen LogP contribution is -2.36. The molecule has 0 bridgehead atoms. The molecule has 1 aliphatic carbocycles. The maximum atomic E-state index is 12.5. The molecule has 0 atom stereocenters. The highest BCUT2D eigenvalue weighted by Crippen LogP contribution is 2.23. The third-order valence-electron chi connectivity index (χ3n) is 6.05. The molecule has 4 rings (SSSR count). The Morgan fingerprint density at radius 1 is 0.778 bits per heavy atom. The van der Waals surface area contributed by atoms with Gasteiger partial charge in [0.2, 0.25) is 5.91 Å². The number of carbonyl (C=O) groups is 2. The van der Waals surface area contributed by atoms with Crippen molar-refractivity contribution in [1.29, 1.82) is 0 Å². The van der Waals surface area contributed by atoms with E-state index in [9.17, 15) is 9.59 Å². The Balaban J connectivity index is 1.21. The summed E-state index contributed by atoms with van der Waals surface area (Å²) in [4.78, 5) is 25.0. The number of carbonyl (C=O) groups excluding carboxylic acids is 2. The first-order valence-electron chi connectivity index (χ1n) is 12.5. The quantitative estimate of drug-likeness (QED) is 0.321. The molecule has 0 aromatic heterocycles. The summed E-state index contributed by atoms with van der Waals surface area (Å²) in [6.07, 6.45) is 5.68. The predicted octanol–water partition coefficient (Wildman–Crippen LogP) is 5.26. The number of benzene rings is 3. The molecular formula is C29H33N3O4. The Kier molecular flexibility index (Phi) is 9.19. The van der Waals surface area contributed by atoms with E-state index in [1.54, 1.807) is 24.3 Å². The number of hydrogen-bond donors (Lipinski definition) is 3. The first-order valence-corrected chi connectivity index (χ1v) is 12.5. The van der Waals surface area contributed by atoms with Gasteiger partial charge in [-0.1, -0.05) is 49.6 Å². The summed E-state index contributed by atoms with van der Waals surface area (Å²) in [5.74, 6) is 1.18. The van der Waals surface area contributed by atoms with Crippen molar-refractivity contribution in [2.75, 3.05) is 30.4 Å². The lowest BCUT2D eigenvalue weighted by Gasteiger charge is -2.22. The first kappa shape index (κ1) is 25.1. The van der Waals surface area contributed by atoms with E-state index in [2.05, 4.69) is 16.0 Å². The molecule has 36 heavy (non-hydrogen) atoms. The third-order valence-corrected chi connectivity index (χ3v) is 6.05. The minimum absolute atomic E-state index is 0.0628. The summed E-state index contributed by atoms with van der Waals surface area (Å²) >= 11 is 0. The smallest absolute Gasteiger partial charge is 0.251 e. The van der Waals surface area contributed by atoms with Gasteiger partial charge in [-0.2, -0.15) is 0 Å². The van der Waals surface area contributed by atoms with Crippen molar-refractivity contribution in [1.82, 2.24) is 5.32 Å². The molecule has 3 N–H and O–H groups in total. The fourth-order valence-corrected chi connectivity index (χ4v) is 4.17. The van der Waals surface area contributed by atoms with Gasteiger partial charge in [-0.25, -0.2) is 0 Å². The van der Waals surface area contributed by atoms with Crippen LogP contribution in [-0.2, 0) is 4.79 Å². The van der Waals surface area contributed by atoms with Crippen molar-refractivity contribution in [3.05, 3.63) is 84.4 Å². The minimum Gasteiger partial charge on any atom is -0.490 e. The Bertz CT molecular complexity index is 1110. The molecule has 7 heteroatoms. The van der Waals surface area contributed by atoms with E-state index in [0.717, 1.165) is 24.3 Å². The second-order valence-electron chi connectivity index (χ2n) is 8.79. The molecule has 2 amide bonds. The molecular weight excluding hydrogens is 454 g/mol. The molecule has 1 saturated carbocycles. The molecule has 0 saturated heterocycles. The molecule has 7 nitrogen and oxygen atoms in total. The Hall–Kier alpha value is -4.00. The summed E-state index contributed by atoms with van der Waals surface area (Å²) in [6.45, 7) is 0.860. The van der Waals surface area contributed by atoms with Gasteiger partial charge in [0.1, 0.15) is 24.7 Å². The second kappa shape index (κ2) is 13.2. The second-order valence-corrected chi connectivity index (χ2v) is 8.79. The molecule has 0 aliphatic heterocycles. The third kappa shape index (κ3) is 7.77. The van der Waals surface area contributed by atoms with E-state index in [-0.39, 0.29) is 24.4 Å². The zero-order chi connectivity index (χ0) is 25.0. The zero-order valence-electron chi connectivity index (χ0n) is 20.4. The van der Waals surface area contributed by atoms with Crippen LogP contribution in [0.25, 0.3) is 0 Å². The van der Waals surface area contributed by atoms with Gasteiger partial charge in [-0.15, -0.1) is 0 Å². The van der Waals surface area contributed by atoms with Gasteiger partial charge in [-0.05, 0) is 61.4 Å². The van der Waals surface area contributed by atoms with Crippen molar-refractivity contribution in [3.8, 4) is 11.5 Å². The van der Waals surface area contributed by atoms with Gasteiger partial charge < -0.3 is 25.4 Å². The van der Waals surface area contributed by atoms with Crippen LogP contribution >= 0.6 is 0 Å². The number of anilines is 2. The van der Waals surface area contributed by atoms with E-state index < -0.39 is 0 Å². The maximum Gasteiger partial charge on any atom is 0.251 e. The van der Waals surface area contributed by atoms with Gasteiger partial charge in [0.15, 0.2) is 0 Å². The van der Waals surface area contributed by atoms with Crippen LogP contribution in [0.5, 0.6) is 11.5 Å². The molecule has 0 radical (unpaired) electrons. The topological polar surface area (TPSA) is 88.7 Å². The van der Waals surface area contributed by atoms with Crippen LogP contribution in [0.15, 0.2) is 78.9 Å². The fraction of sp³-hybridized carbons (Fsp3) is 0.310. The van der Waals surface area contributed by atoms with E-state index in [0.29, 0.717) is 30.2 Å². The van der Waals surface area contributed by atoms with Gasteiger partial charge in [0, 0.05) is 17.3 Å². The molecule has 188 valence electrons. The van der Waals surface area contributed by atoms with E-state index >= 15 is 0 Å². The number of ether oxygens (including phenoxy) is 2. The number of amides is 2. The van der Waals surface area contributed by atoms with Crippen LogP contribution in [0.2, 0.25) is 0 Å². The molecule has 1 fully saturated rings. The van der Waals surface area contributed by atoms with Gasteiger partial charge >= 0.3 is 0 Å². The first-order chi connectivity index (χ1) is 17.7. The monoisotopic (exact) mass is 487 g/mol. The summed E-state index contributed by atoms with van der Waals surface area (Å²) < 4.78 is 11.5. The fourth-order valence-electron chi connectivity index (χ4n) is 4.17. The SMILES string of the molecule is O=C(CNc1ccccc1OCCOc1ccccc1)Nc1ccc(C(=O)NC2CCCCC2)cc1. The summed E-state index contributed by atoms with van der Waals surface area (Å²) in [5, 5.41) is 9.09. The van der Waals surface area contributed by atoms with Crippen LogP contribution < -0.4 is 25.4 Å². The van der Waals surface area contributed by atoms with Gasteiger partial charge in [0.05, 0.1) is 12.2 Å². The lowest BCUT2D eigenvalue weighted by atomic mass is 9.95. The highest BCUT2D eigenvalue weighted by molar-refractivity contribution is 5.96. The van der Waals surface area contributed by atoms with Crippen molar-refractivity contribution >= 4 is 23.2 Å². The number of para-hydroxylation sites is 3. The van der Waals surface area contributed by atoms with Gasteiger partial charge in [-0.3, -0.25) is 9.59 Å². The van der Waals surface area contributed by atoms with Crippen molar-refractivity contribution < 1.29 is 19.1 Å². The van der Waals surface area contributed by atoms with Crippen LogP contribution in [0, 0.1) is 0 Å². The van der Waals surface area contributed by atoms with Crippen LogP contribution in [-0.4, -0.2) is 37.6 Å². The zero-order valence-corrected chi connectivity index (χ0v) is 20.4. The largest absolute Gasteiger partial charge is 0.490 e. The standard InChI is InChI=1S/C29H33N3O4/c33-28(31-24-17-15-22(16-18-24)29(34)32-23-9-3-1-4-10-23)21-30-26-13-7-8-14-27(26)36-20-19-35-25-11-5-2-6-12-25/h2,5-8,11-18,23,30H,1,3-4,9-10,19-21H2,(H,31,33)(H,32,34). The number of nitrogens with one attached hydrogen (secondary N) is 3. The van der Waals surface area contributed by atoms with Crippen molar-refractivity contribution in [2.24, 2.45) is 0 Å². The minimum atomic E-state index is -0.198. The maximum absolute atomic E-state index is 12.5. The Morgan fingerprint density at radius 3 is 2.25 bits per heavy atom.